The van der Waals surface area contributed by atoms with Gasteiger partial charge in [-0.1, -0.05) is 26.7 Å². The topological polar surface area (TPSA) is 28.4 Å². The van der Waals surface area contributed by atoms with Crippen LogP contribution in [0, 0.1) is 11.3 Å². The fraction of sp³-hybridized carbons (Fsp3) is 0.778. The Labute approximate surface area is 130 Å². The summed E-state index contributed by atoms with van der Waals surface area (Å²) in [6.07, 6.45) is 8.45. The lowest BCUT2D eigenvalue weighted by molar-refractivity contribution is 0.0929. The van der Waals surface area contributed by atoms with Gasteiger partial charge in [0.1, 0.15) is 5.76 Å². The van der Waals surface area contributed by atoms with Crippen LogP contribution in [0.2, 0.25) is 0 Å². The largest absolute Gasteiger partial charge is 0.468 e. The Morgan fingerprint density at radius 3 is 2.76 bits per heavy atom. The molecule has 1 saturated carbocycles. The van der Waals surface area contributed by atoms with Gasteiger partial charge in [0.25, 0.3) is 0 Å². The number of hydrogen-bond donors (Lipinski definition) is 1. The van der Waals surface area contributed by atoms with Crippen molar-refractivity contribution in [2.75, 3.05) is 26.7 Å². The fourth-order valence-corrected chi connectivity index (χ4v) is 3.59. The van der Waals surface area contributed by atoms with E-state index in [0.29, 0.717) is 5.41 Å². The molecule has 0 saturated heterocycles. The van der Waals surface area contributed by atoms with Crippen molar-refractivity contribution in [2.45, 2.75) is 52.5 Å². The molecular formula is C18H32N2O. The normalized spacial score (nSPS) is 26.4. The Morgan fingerprint density at radius 2 is 2.14 bits per heavy atom. The molecule has 1 aliphatic rings. The van der Waals surface area contributed by atoms with Crippen LogP contribution in [0.3, 0.4) is 0 Å². The van der Waals surface area contributed by atoms with Gasteiger partial charge in [-0.25, -0.2) is 0 Å². The van der Waals surface area contributed by atoms with Crippen molar-refractivity contribution in [3.8, 4) is 0 Å². The first kappa shape index (κ1) is 16.6. The molecule has 1 N–H and O–H groups in total. The molecule has 0 aliphatic heterocycles. The Hall–Kier alpha value is -0.800. The molecule has 1 aromatic heterocycles. The third kappa shape index (κ3) is 5.15. The zero-order valence-corrected chi connectivity index (χ0v) is 14.0. The van der Waals surface area contributed by atoms with Gasteiger partial charge in [0.2, 0.25) is 0 Å². The van der Waals surface area contributed by atoms with Crippen molar-refractivity contribution in [1.29, 1.82) is 0 Å². The summed E-state index contributed by atoms with van der Waals surface area (Å²) in [5, 5.41) is 3.67. The van der Waals surface area contributed by atoms with E-state index in [1.165, 1.54) is 32.1 Å². The smallest absolute Gasteiger partial charge is 0.117 e. The van der Waals surface area contributed by atoms with Crippen LogP contribution in [0.25, 0.3) is 0 Å². The second-order valence-electron chi connectivity index (χ2n) is 7.11. The molecule has 3 nitrogen and oxygen atoms in total. The Kier molecular flexibility index (Phi) is 6.31. The molecule has 1 aliphatic carbocycles. The highest BCUT2D eigenvalue weighted by molar-refractivity contribution is 4.98. The van der Waals surface area contributed by atoms with Crippen molar-refractivity contribution in [3.05, 3.63) is 24.2 Å². The minimum Gasteiger partial charge on any atom is -0.468 e. The third-order valence-electron chi connectivity index (χ3n) is 4.87. The summed E-state index contributed by atoms with van der Waals surface area (Å²) in [4.78, 5) is 2.43. The van der Waals surface area contributed by atoms with E-state index in [-0.39, 0.29) is 0 Å². The summed E-state index contributed by atoms with van der Waals surface area (Å²) in [5.41, 5.74) is 0.447. The van der Waals surface area contributed by atoms with E-state index >= 15 is 0 Å². The van der Waals surface area contributed by atoms with Gasteiger partial charge in [0.05, 0.1) is 12.8 Å². The van der Waals surface area contributed by atoms with Gasteiger partial charge in [0, 0.05) is 13.1 Å². The number of rotatable bonds is 8. The molecule has 0 bridgehead atoms. The average Bonchev–Trinajstić information content (AvgIpc) is 2.95. The van der Waals surface area contributed by atoms with E-state index in [4.69, 9.17) is 4.42 Å². The number of furan rings is 1. The number of hydrogen-bond acceptors (Lipinski definition) is 3. The third-order valence-corrected chi connectivity index (χ3v) is 4.87. The highest BCUT2D eigenvalue weighted by atomic mass is 16.3. The lowest BCUT2D eigenvalue weighted by Crippen LogP contribution is -2.45. The van der Waals surface area contributed by atoms with Crippen LogP contribution in [0.4, 0.5) is 0 Å². The maximum absolute atomic E-state index is 5.48. The average molecular weight is 292 g/mol. The molecule has 1 heterocycles. The maximum Gasteiger partial charge on any atom is 0.117 e. The summed E-state index contributed by atoms with van der Waals surface area (Å²) in [6, 6.07) is 4.05. The van der Waals surface area contributed by atoms with E-state index in [1.54, 1.807) is 6.26 Å². The summed E-state index contributed by atoms with van der Waals surface area (Å²) >= 11 is 0. The van der Waals surface area contributed by atoms with Gasteiger partial charge in [0.15, 0.2) is 0 Å². The van der Waals surface area contributed by atoms with E-state index < -0.39 is 0 Å². The quantitative estimate of drug-likeness (QED) is 0.736. The van der Waals surface area contributed by atoms with Crippen LogP contribution in [0.5, 0.6) is 0 Å². The van der Waals surface area contributed by atoms with Crippen LogP contribution in [-0.2, 0) is 6.54 Å². The highest BCUT2D eigenvalue weighted by Crippen LogP contribution is 2.39. The molecule has 2 rings (SSSR count). The van der Waals surface area contributed by atoms with Crippen molar-refractivity contribution < 1.29 is 4.42 Å². The summed E-state index contributed by atoms with van der Waals surface area (Å²) in [7, 11) is 2.22. The first-order chi connectivity index (χ1) is 10.1. The van der Waals surface area contributed by atoms with Crippen molar-refractivity contribution in [2.24, 2.45) is 11.3 Å². The van der Waals surface area contributed by atoms with Crippen LogP contribution < -0.4 is 5.32 Å². The van der Waals surface area contributed by atoms with E-state index in [1.807, 2.05) is 6.07 Å². The molecule has 0 aromatic carbocycles. The molecule has 0 atom stereocenters. The molecule has 21 heavy (non-hydrogen) atoms. The van der Waals surface area contributed by atoms with Crippen molar-refractivity contribution >= 4 is 0 Å². The first-order valence-corrected chi connectivity index (χ1v) is 8.55. The Morgan fingerprint density at radius 1 is 1.38 bits per heavy atom. The van der Waals surface area contributed by atoms with Crippen LogP contribution in [0.1, 0.15) is 51.7 Å². The van der Waals surface area contributed by atoms with Gasteiger partial charge in [-0.15, -0.1) is 0 Å². The van der Waals surface area contributed by atoms with Gasteiger partial charge >= 0.3 is 0 Å². The molecule has 0 amide bonds. The first-order valence-electron chi connectivity index (χ1n) is 8.55. The Balaban J connectivity index is 1.91. The predicted molar refractivity (Wildman–Crippen MR) is 88.3 cm³/mol. The van der Waals surface area contributed by atoms with Crippen molar-refractivity contribution in [3.63, 3.8) is 0 Å². The second kappa shape index (κ2) is 8.00. The molecule has 120 valence electrons. The molecule has 0 spiro atoms. The van der Waals surface area contributed by atoms with Gasteiger partial charge in [-0.3, -0.25) is 4.90 Å². The fourth-order valence-electron chi connectivity index (χ4n) is 3.59. The summed E-state index contributed by atoms with van der Waals surface area (Å²) in [6.45, 7) is 9.02. The molecular weight excluding hydrogens is 260 g/mol. The zero-order valence-electron chi connectivity index (χ0n) is 14.0. The number of nitrogens with one attached hydrogen (secondary N) is 1. The molecule has 1 aromatic rings. The van der Waals surface area contributed by atoms with Gasteiger partial charge < -0.3 is 9.73 Å². The molecule has 1 fully saturated rings. The van der Waals surface area contributed by atoms with Gasteiger partial charge in [-0.2, -0.15) is 0 Å². The minimum atomic E-state index is 0.447. The standard InChI is InChI=1S/C18H32N2O/c1-4-11-19-14-18(9-7-16(2)8-10-18)15-20(3)13-17-6-5-12-21-17/h5-6,12,16,19H,4,7-11,13-15H2,1-3H3. The lowest BCUT2D eigenvalue weighted by Gasteiger charge is -2.42. The van der Waals surface area contributed by atoms with Crippen LogP contribution >= 0.6 is 0 Å². The molecule has 0 radical (unpaired) electrons. The van der Waals surface area contributed by atoms with E-state index in [0.717, 1.165) is 37.9 Å². The van der Waals surface area contributed by atoms with E-state index in [9.17, 15) is 0 Å². The highest BCUT2D eigenvalue weighted by Gasteiger charge is 2.34. The molecule has 0 unspecified atom stereocenters. The predicted octanol–water partition coefficient (Wildman–Crippen LogP) is 3.91. The van der Waals surface area contributed by atoms with Gasteiger partial charge in [-0.05, 0) is 56.3 Å². The zero-order chi connectivity index (χ0) is 15.1. The molecule has 3 heteroatoms. The second-order valence-corrected chi connectivity index (χ2v) is 7.11. The van der Waals surface area contributed by atoms with Crippen LogP contribution in [0.15, 0.2) is 22.8 Å². The minimum absolute atomic E-state index is 0.447. The summed E-state index contributed by atoms with van der Waals surface area (Å²) in [5.74, 6) is 1.97. The maximum atomic E-state index is 5.48. The Bertz CT molecular complexity index is 380. The SMILES string of the molecule is CCCNCC1(CN(C)Cc2ccco2)CCC(C)CC1. The van der Waals surface area contributed by atoms with E-state index in [2.05, 4.69) is 37.2 Å². The van der Waals surface area contributed by atoms with Crippen LogP contribution in [-0.4, -0.2) is 31.6 Å². The van der Waals surface area contributed by atoms with Crippen molar-refractivity contribution in [1.82, 2.24) is 10.2 Å². The monoisotopic (exact) mass is 292 g/mol. The summed E-state index contributed by atoms with van der Waals surface area (Å²) < 4.78 is 5.48. The lowest BCUT2D eigenvalue weighted by atomic mass is 9.70. The number of nitrogens with zero attached hydrogens (tertiary/aromatic N) is 1.